The van der Waals surface area contributed by atoms with Crippen molar-refractivity contribution in [1.82, 2.24) is 5.32 Å². The van der Waals surface area contributed by atoms with Gasteiger partial charge in [-0.2, -0.15) is 0 Å². The SMILES string of the molecule is CC(NCC1COC(C)(C)O1)c1ccc2c(c1)CCO2. The molecule has 3 rings (SSSR count). The van der Waals surface area contributed by atoms with Gasteiger partial charge >= 0.3 is 0 Å². The summed E-state index contributed by atoms with van der Waals surface area (Å²) in [5.41, 5.74) is 2.62. The predicted molar refractivity (Wildman–Crippen MR) is 77.0 cm³/mol. The summed E-state index contributed by atoms with van der Waals surface area (Å²) < 4.78 is 16.9. The molecular formula is C16H23NO3. The van der Waals surface area contributed by atoms with Crippen LogP contribution < -0.4 is 10.1 Å². The molecule has 20 heavy (non-hydrogen) atoms. The first-order valence-corrected chi connectivity index (χ1v) is 7.34. The summed E-state index contributed by atoms with van der Waals surface area (Å²) in [7, 11) is 0. The Morgan fingerprint density at radius 3 is 3.00 bits per heavy atom. The number of rotatable bonds is 4. The van der Waals surface area contributed by atoms with Crippen LogP contribution in [0, 0.1) is 0 Å². The Kier molecular flexibility index (Phi) is 3.71. The third-order valence-electron chi connectivity index (χ3n) is 3.93. The standard InChI is InChI=1S/C16H23NO3/c1-11(17-9-14-10-19-16(2,3)20-14)12-4-5-15-13(8-12)6-7-18-15/h4-5,8,11,14,17H,6-7,9-10H2,1-3H3. The molecule has 110 valence electrons. The predicted octanol–water partition coefficient (Wildman–Crippen LogP) is 2.42. The number of hydrogen-bond acceptors (Lipinski definition) is 4. The van der Waals surface area contributed by atoms with E-state index in [1.165, 1.54) is 11.1 Å². The van der Waals surface area contributed by atoms with Crippen LogP contribution in [0.5, 0.6) is 5.75 Å². The molecule has 0 saturated carbocycles. The van der Waals surface area contributed by atoms with Crippen LogP contribution in [0.15, 0.2) is 18.2 Å². The van der Waals surface area contributed by atoms with E-state index < -0.39 is 5.79 Å². The number of fused-ring (bicyclic) bond motifs is 1. The van der Waals surface area contributed by atoms with E-state index in [1.807, 2.05) is 13.8 Å². The molecule has 2 atom stereocenters. The molecule has 2 aliphatic heterocycles. The molecule has 1 aromatic carbocycles. The van der Waals surface area contributed by atoms with Crippen LogP contribution in [-0.4, -0.2) is 31.6 Å². The van der Waals surface area contributed by atoms with Crippen molar-refractivity contribution in [3.63, 3.8) is 0 Å². The van der Waals surface area contributed by atoms with E-state index in [9.17, 15) is 0 Å². The Hall–Kier alpha value is -1.10. The van der Waals surface area contributed by atoms with Crippen molar-refractivity contribution in [1.29, 1.82) is 0 Å². The average Bonchev–Trinajstić information content (AvgIpc) is 3.01. The minimum atomic E-state index is -0.444. The van der Waals surface area contributed by atoms with Crippen molar-refractivity contribution in [2.45, 2.75) is 45.1 Å². The first-order chi connectivity index (χ1) is 9.53. The summed E-state index contributed by atoms with van der Waals surface area (Å²) in [4.78, 5) is 0. The van der Waals surface area contributed by atoms with Gasteiger partial charge < -0.3 is 19.5 Å². The second kappa shape index (κ2) is 5.35. The molecule has 0 aromatic heterocycles. The van der Waals surface area contributed by atoms with Crippen LogP contribution in [0.3, 0.4) is 0 Å². The topological polar surface area (TPSA) is 39.7 Å². The van der Waals surface area contributed by atoms with Gasteiger partial charge in [0.1, 0.15) is 5.75 Å². The Morgan fingerprint density at radius 1 is 1.40 bits per heavy atom. The van der Waals surface area contributed by atoms with Gasteiger partial charge in [0.2, 0.25) is 0 Å². The van der Waals surface area contributed by atoms with Crippen LogP contribution in [0.2, 0.25) is 0 Å². The number of benzene rings is 1. The van der Waals surface area contributed by atoms with Gasteiger partial charge in [0.25, 0.3) is 0 Å². The highest BCUT2D eigenvalue weighted by Crippen LogP contribution is 2.28. The third-order valence-corrected chi connectivity index (χ3v) is 3.93. The molecule has 0 aliphatic carbocycles. The maximum atomic E-state index is 5.80. The molecule has 0 amide bonds. The highest BCUT2D eigenvalue weighted by Gasteiger charge is 2.32. The molecule has 2 aliphatic rings. The maximum Gasteiger partial charge on any atom is 0.163 e. The van der Waals surface area contributed by atoms with Gasteiger partial charge in [-0.15, -0.1) is 0 Å². The Labute approximate surface area is 120 Å². The Balaban J connectivity index is 1.56. The molecule has 0 bridgehead atoms. The summed E-state index contributed by atoms with van der Waals surface area (Å²) in [6.45, 7) is 8.36. The zero-order valence-electron chi connectivity index (χ0n) is 12.4. The summed E-state index contributed by atoms with van der Waals surface area (Å²) in [6, 6.07) is 6.76. The van der Waals surface area contributed by atoms with Gasteiger partial charge in [-0.1, -0.05) is 12.1 Å². The van der Waals surface area contributed by atoms with Crippen molar-refractivity contribution < 1.29 is 14.2 Å². The number of nitrogens with one attached hydrogen (secondary N) is 1. The van der Waals surface area contributed by atoms with Crippen LogP contribution >= 0.6 is 0 Å². The van der Waals surface area contributed by atoms with E-state index in [4.69, 9.17) is 14.2 Å². The highest BCUT2D eigenvalue weighted by molar-refractivity contribution is 5.40. The van der Waals surface area contributed by atoms with E-state index in [0.717, 1.165) is 25.3 Å². The lowest BCUT2D eigenvalue weighted by molar-refractivity contribution is -0.137. The minimum Gasteiger partial charge on any atom is -0.493 e. The van der Waals surface area contributed by atoms with E-state index >= 15 is 0 Å². The number of hydrogen-bond donors (Lipinski definition) is 1. The molecule has 0 radical (unpaired) electrons. The van der Waals surface area contributed by atoms with Gasteiger partial charge in [0.15, 0.2) is 5.79 Å². The van der Waals surface area contributed by atoms with Crippen molar-refractivity contribution in [2.24, 2.45) is 0 Å². The van der Waals surface area contributed by atoms with Crippen molar-refractivity contribution in [3.05, 3.63) is 29.3 Å². The normalized spacial score (nSPS) is 25.2. The summed E-state index contributed by atoms with van der Waals surface area (Å²) in [6.07, 6.45) is 1.15. The maximum absolute atomic E-state index is 5.80. The zero-order valence-corrected chi connectivity index (χ0v) is 12.4. The minimum absolute atomic E-state index is 0.130. The molecule has 1 aromatic rings. The number of ether oxygens (including phenoxy) is 3. The molecule has 1 fully saturated rings. The molecule has 2 heterocycles. The smallest absolute Gasteiger partial charge is 0.163 e. The molecule has 0 spiro atoms. The van der Waals surface area contributed by atoms with E-state index in [1.54, 1.807) is 0 Å². The lowest BCUT2D eigenvalue weighted by atomic mass is 10.0. The van der Waals surface area contributed by atoms with Gasteiger partial charge in [0, 0.05) is 19.0 Å². The fourth-order valence-corrected chi connectivity index (χ4v) is 2.77. The summed E-state index contributed by atoms with van der Waals surface area (Å²) in [5.74, 6) is 0.593. The molecule has 1 saturated heterocycles. The van der Waals surface area contributed by atoms with Crippen LogP contribution in [0.4, 0.5) is 0 Å². The van der Waals surface area contributed by atoms with Crippen molar-refractivity contribution >= 4 is 0 Å². The van der Waals surface area contributed by atoms with Crippen LogP contribution in [0.25, 0.3) is 0 Å². The lowest BCUT2D eigenvalue weighted by Crippen LogP contribution is -2.32. The van der Waals surface area contributed by atoms with E-state index in [-0.39, 0.29) is 6.10 Å². The fraction of sp³-hybridized carbons (Fsp3) is 0.625. The van der Waals surface area contributed by atoms with Crippen molar-refractivity contribution in [3.8, 4) is 5.75 Å². The lowest BCUT2D eigenvalue weighted by Gasteiger charge is -2.20. The summed E-state index contributed by atoms with van der Waals surface area (Å²) >= 11 is 0. The van der Waals surface area contributed by atoms with E-state index in [2.05, 4.69) is 30.4 Å². The monoisotopic (exact) mass is 277 g/mol. The third kappa shape index (κ3) is 2.97. The van der Waals surface area contributed by atoms with Gasteiger partial charge in [-0.3, -0.25) is 0 Å². The molecule has 4 heteroatoms. The molecule has 2 unspecified atom stereocenters. The first-order valence-electron chi connectivity index (χ1n) is 7.34. The largest absolute Gasteiger partial charge is 0.493 e. The van der Waals surface area contributed by atoms with Crippen molar-refractivity contribution in [2.75, 3.05) is 19.8 Å². The molecular weight excluding hydrogens is 254 g/mol. The highest BCUT2D eigenvalue weighted by atomic mass is 16.7. The van der Waals surface area contributed by atoms with Crippen LogP contribution in [-0.2, 0) is 15.9 Å². The zero-order chi connectivity index (χ0) is 14.2. The average molecular weight is 277 g/mol. The van der Waals surface area contributed by atoms with Gasteiger partial charge in [-0.05, 0) is 38.0 Å². The van der Waals surface area contributed by atoms with Crippen LogP contribution in [0.1, 0.15) is 37.9 Å². The fourth-order valence-electron chi connectivity index (χ4n) is 2.77. The quantitative estimate of drug-likeness (QED) is 0.917. The van der Waals surface area contributed by atoms with Gasteiger partial charge in [0.05, 0.1) is 19.3 Å². The second-order valence-corrected chi connectivity index (χ2v) is 6.05. The second-order valence-electron chi connectivity index (χ2n) is 6.05. The Bertz CT molecular complexity index is 487. The molecule has 4 nitrogen and oxygen atoms in total. The molecule has 1 N–H and O–H groups in total. The van der Waals surface area contributed by atoms with Gasteiger partial charge in [-0.25, -0.2) is 0 Å². The summed E-state index contributed by atoms with van der Waals surface area (Å²) in [5, 5.41) is 3.52. The van der Waals surface area contributed by atoms with E-state index in [0.29, 0.717) is 12.6 Å². The first kappa shape index (κ1) is 13.9. The Morgan fingerprint density at radius 2 is 2.25 bits per heavy atom.